The van der Waals surface area contributed by atoms with E-state index in [0.29, 0.717) is 28.1 Å². The lowest BCUT2D eigenvalue weighted by atomic mass is 9.65. The summed E-state index contributed by atoms with van der Waals surface area (Å²) in [6.07, 6.45) is 2.97. The number of rotatable bonds is 7. The Bertz CT molecular complexity index is 1390. The second kappa shape index (κ2) is 11.6. The minimum atomic E-state index is -0.573. The van der Waals surface area contributed by atoms with E-state index in [-0.39, 0.29) is 30.6 Å². The quantitative estimate of drug-likeness (QED) is 0.318. The molecule has 1 saturated carbocycles. The minimum Gasteiger partial charge on any atom is -0.392 e. The number of amides is 1. The molecule has 42 heavy (non-hydrogen) atoms. The molecule has 0 spiro atoms. The summed E-state index contributed by atoms with van der Waals surface area (Å²) in [4.78, 5) is 15.5. The molecule has 2 N–H and O–H groups in total. The van der Waals surface area contributed by atoms with Crippen molar-refractivity contribution < 1.29 is 19.4 Å². The average molecular weight is 569 g/mol. The van der Waals surface area contributed by atoms with Crippen molar-refractivity contribution >= 4 is 11.6 Å². The van der Waals surface area contributed by atoms with Crippen LogP contribution in [0.15, 0.2) is 78.9 Å². The lowest BCUT2D eigenvalue weighted by Crippen LogP contribution is -2.46. The SMILES string of the molecule is C[C@H]1[C@@H](CN2CC3(C)CC2CC(C)(C)C3)O[C@@H](c2cccc(NC(=O)c3ccccc3)c2)O[C@H]1c1ccc(CO)cc1. The number of hydrogen-bond acceptors (Lipinski definition) is 5. The fraction of sp³-hybridized carbons (Fsp3) is 0.472. The van der Waals surface area contributed by atoms with Crippen molar-refractivity contribution in [3.63, 3.8) is 0 Å². The summed E-state index contributed by atoms with van der Waals surface area (Å²) in [6.45, 7) is 11.5. The van der Waals surface area contributed by atoms with Crippen LogP contribution in [0.4, 0.5) is 5.69 Å². The van der Waals surface area contributed by atoms with Crippen molar-refractivity contribution in [2.75, 3.05) is 18.4 Å². The number of hydrogen-bond donors (Lipinski definition) is 2. The molecule has 3 aromatic rings. The van der Waals surface area contributed by atoms with E-state index in [1.165, 1.54) is 19.3 Å². The molecule has 2 aliphatic heterocycles. The van der Waals surface area contributed by atoms with Crippen LogP contribution in [0.25, 0.3) is 0 Å². The zero-order valence-corrected chi connectivity index (χ0v) is 25.3. The average Bonchev–Trinajstić information content (AvgIpc) is 3.21. The van der Waals surface area contributed by atoms with Gasteiger partial charge in [-0.2, -0.15) is 0 Å². The Morgan fingerprint density at radius 3 is 2.45 bits per heavy atom. The number of aliphatic hydroxyl groups excluding tert-OH is 1. The van der Waals surface area contributed by atoms with Crippen molar-refractivity contribution in [3.8, 4) is 0 Å². The van der Waals surface area contributed by atoms with Crippen LogP contribution < -0.4 is 5.32 Å². The van der Waals surface area contributed by atoms with E-state index in [0.717, 1.165) is 29.8 Å². The van der Waals surface area contributed by atoms with Gasteiger partial charge in [0.05, 0.1) is 18.8 Å². The third kappa shape index (κ3) is 6.18. The number of anilines is 1. The van der Waals surface area contributed by atoms with Crippen molar-refractivity contribution in [1.29, 1.82) is 0 Å². The lowest BCUT2D eigenvalue weighted by molar-refractivity contribution is -0.276. The van der Waals surface area contributed by atoms with Crippen LogP contribution in [0, 0.1) is 16.7 Å². The van der Waals surface area contributed by atoms with E-state index in [1.54, 1.807) is 12.1 Å². The van der Waals surface area contributed by atoms with Crippen LogP contribution in [-0.4, -0.2) is 41.1 Å². The van der Waals surface area contributed by atoms with Crippen molar-refractivity contribution in [3.05, 3.63) is 101 Å². The fourth-order valence-corrected chi connectivity index (χ4v) is 7.91. The van der Waals surface area contributed by atoms with Crippen molar-refractivity contribution in [1.82, 2.24) is 4.90 Å². The molecule has 2 unspecified atom stereocenters. The normalized spacial score (nSPS) is 30.6. The number of ether oxygens (including phenoxy) is 2. The molecule has 2 bridgehead atoms. The molecule has 6 atom stereocenters. The zero-order chi connectivity index (χ0) is 29.5. The molecular formula is C36H44N2O4. The van der Waals surface area contributed by atoms with Gasteiger partial charge in [0.25, 0.3) is 5.91 Å². The molecule has 6 rings (SSSR count). The highest BCUT2D eigenvalue weighted by Crippen LogP contribution is 2.53. The van der Waals surface area contributed by atoms with Crippen LogP contribution in [0.1, 0.15) is 86.4 Å². The summed E-state index contributed by atoms with van der Waals surface area (Å²) in [5.74, 6) is -0.0217. The third-order valence-electron chi connectivity index (χ3n) is 9.51. The molecular weight excluding hydrogens is 524 g/mol. The summed E-state index contributed by atoms with van der Waals surface area (Å²) < 4.78 is 13.5. The predicted molar refractivity (Wildman–Crippen MR) is 165 cm³/mol. The number of likely N-dealkylation sites (tertiary alicyclic amines) is 1. The first-order chi connectivity index (χ1) is 20.1. The first-order valence-electron chi connectivity index (χ1n) is 15.3. The number of aliphatic hydroxyl groups is 1. The Hall–Kier alpha value is -3.03. The Morgan fingerprint density at radius 1 is 0.952 bits per heavy atom. The van der Waals surface area contributed by atoms with E-state index in [9.17, 15) is 9.90 Å². The highest BCUT2D eigenvalue weighted by Gasteiger charge is 2.51. The van der Waals surface area contributed by atoms with E-state index in [1.807, 2.05) is 54.6 Å². The molecule has 0 aromatic heterocycles. The van der Waals surface area contributed by atoms with Gasteiger partial charge in [0.1, 0.15) is 0 Å². The number of carbonyl (C=O) groups is 1. The maximum atomic E-state index is 12.8. The van der Waals surface area contributed by atoms with Crippen LogP contribution in [0.3, 0.4) is 0 Å². The summed E-state index contributed by atoms with van der Waals surface area (Å²) >= 11 is 0. The Morgan fingerprint density at radius 2 is 1.71 bits per heavy atom. The van der Waals surface area contributed by atoms with E-state index >= 15 is 0 Å². The van der Waals surface area contributed by atoms with Crippen LogP contribution in [0.2, 0.25) is 0 Å². The maximum Gasteiger partial charge on any atom is 0.255 e. The number of fused-ring (bicyclic) bond motifs is 2. The van der Waals surface area contributed by atoms with E-state index in [2.05, 4.69) is 50.0 Å². The molecule has 2 saturated heterocycles. The van der Waals surface area contributed by atoms with Gasteiger partial charge in [-0.15, -0.1) is 0 Å². The number of nitrogens with one attached hydrogen (secondary N) is 1. The van der Waals surface area contributed by atoms with Gasteiger partial charge in [-0.05, 0) is 65.5 Å². The molecule has 3 aliphatic rings. The van der Waals surface area contributed by atoms with Crippen molar-refractivity contribution in [2.45, 2.75) is 78.1 Å². The van der Waals surface area contributed by atoms with Gasteiger partial charge in [0.2, 0.25) is 0 Å². The molecule has 1 aliphatic carbocycles. The number of benzene rings is 3. The molecule has 6 nitrogen and oxygen atoms in total. The monoisotopic (exact) mass is 568 g/mol. The fourth-order valence-electron chi connectivity index (χ4n) is 7.91. The molecule has 222 valence electrons. The van der Waals surface area contributed by atoms with Crippen molar-refractivity contribution in [2.24, 2.45) is 16.7 Å². The Balaban J connectivity index is 1.26. The first kappa shape index (κ1) is 29.1. The van der Waals surface area contributed by atoms with Gasteiger partial charge in [-0.3, -0.25) is 9.69 Å². The molecule has 3 fully saturated rings. The minimum absolute atomic E-state index is 0.0165. The van der Waals surface area contributed by atoms with Gasteiger partial charge in [0.15, 0.2) is 6.29 Å². The van der Waals surface area contributed by atoms with Crippen LogP contribution >= 0.6 is 0 Å². The highest BCUT2D eigenvalue weighted by molar-refractivity contribution is 6.04. The van der Waals surface area contributed by atoms with Gasteiger partial charge in [-0.25, -0.2) is 0 Å². The third-order valence-corrected chi connectivity index (χ3v) is 9.51. The number of carbonyl (C=O) groups excluding carboxylic acids is 1. The predicted octanol–water partition coefficient (Wildman–Crippen LogP) is 7.12. The summed E-state index contributed by atoms with van der Waals surface area (Å²) in [6, 6.07) is 25.7. The lowest BCUT2D eigenvalue weighted by Gasteiger charge is -2.43. The standard InChI is InChI=1S/C36H44N2O4/c1-24-31(20-38-23-36(4)19-30(38)18-35(2,3)22-36)41-34(42-32(24)26-15-13-25(21-39)14-16-26)28-11-8-12-29(17-28)37-33(40)27-9-6-5-7-10-27/h5-17,24,30-32,34,39H,18-23H2,1-4H3,(H,37,40)/t24-,30?,31+,32+,34+,36?/m0/s1. The van der Waals surface area contributed by atoms with Gasteiger partial charge >= 0.3 is 0 Å². The van der Waals surface area contributed by atoms with E-state index < -0.39 is 6.29 Å². The maximum absolute atomic E-state index is 12.8. The smallest absolute Gasteiger partial charge is 0.255 e. The molecule has 6 heteroatoms. The first-order valence-corrected chi connectivity index (χ1v) is 15.3. The second-order valence-electron chi connectivity index (χ2n) is 13.9. The zero-order valence-electron chi connectivity index (χ0n) is 25.3. The summed E-state index contributed by atoms with van der Waals surface area (Å²) in [5, 5.41) is 12.6. The summed E-state index contributed by atoms with van der Waals surface area (Å²) in [5.41, 5.74) is 4.87. The van der Waals surface area contributed by atoms with E-state index in [4.69, 9.17) is 9.47 Å². The topological polar surface area (TPSA) is 71.0 Å². The highest BCUT2D eigenvalue weighted by atomic mass is 16.7. The second-order valence-corrected chi connectivity index (χ2v) is 13.9. The molecule has 0 radical (unpaired) electrons. The molecule has 1 amide bonds. The summed E-state index contributed by atoms with van der Waals surface area (Å²) in [7, 11) is 0. The van der Waals surface area contributed by atoms with Crippen LogP contribution in [0.5, 0.6) is 0 Å². The Labute approximate surface area is 250 Å². The molecule has 3 aromatic carbocycles. The van der Waals surface area contributed by atoms with Gasteiger partial charge < -0.3 is 19.9 Å². The number of nitrogens with zero attached hydrogens (tertiary/aromatic N) is 1. The van der Waals surface area contributed by atoms with Gasteiger partial charge in [0, 0.05) is 41.9 Å². The molecule has 2 heterocycles. The van der Waals surface area contributed by atoms with Crippen LogP contribution in [-0.2, 0) is 16.1 Å². The van der Waals surface area contributed by atoms with Gasteiger partial charge in [-0.1, -0.05) is 82.3 Å². The largest absolute Gasteiger partial charge is 0.392 e. The Kier molecular flexibility index (Phi) is 8.01.